The molecule has 6 heterocycles. The Bertz CT molecular complexity index is 1710. The summed E-state index contributed by atoms with van der Waals surface area (Å²) in [4.78, 5) is 41.2. The summed E-state index contributed by atoms with van der Waals surface area (Å²) >= 11 is 5.45. The molecule has 8 rings (SSSR count). The normalized spacial score (nSPS) is 21.2. The Morgan fingerprint density at radius 2 is 1.06 bits per heavy atom. The van der Waals surface area contributed by atoms with E-state index in [1.54, 1.807) is 24.3 Å². The number of aliphatic hydroxyl groups is 2. The molecule has 14 heteroatoms. The van der Waals surface area contributed by atoms with Gasteiger partial charge in [-0.1, -0.05) is 24.3 Å². The second kappa shape index (κ2) is 16.0. The molecule has 0 bridgehead atoms. The van der Waals surface area contributed by atoms with Gasteiger partial charge in [-0.25, -0.2) is 9.59 Å². The van der Waals surface area contributed by atoms with Gasteiger partial charge in [-0.05, 0) is 134 Å². The quantitative estimate of drug-likeness (QED) is 0.125. The number of nitrogens with one attached hydrogen (secondary N) is 1. The minimum absolute atomic E-state index is 0.0675. The third-order valence-electron chi connectivity index (χ3n) is 11.5. The molecule has 0 aromatic carbocycles. The van der Waals surface area contributed by atoms with Gasteiger partial charge in [-0.15, -0.1) is 45.3 Å². The Labute approximate surface area is 325 Å². The number of likely N-dealkylation sites (tertiary alicyclic amines) is 1. The molecule has 53 heavy (non-hydrogen) atoms. The van der Waals surface area contributed by atoms with Crippen molar-refractivity contribution >= 4 is 63.3 Å². The summed E-state index contributed by atoms with van der Waals surface area (Å²) in [7, 11) is 0. The van der Waals surface area contributed by atoms with Gasteiger partial charge in [0.2, 0.25) is 11.2 Å². The molecule has 10 nitrogen and oxygen atoms in total. The molecule has 2 spiro atoms. The van der Waals surface area contributed by atoms with Crippen molar-refractivity contribution in [1.29, 1.82) is 0 Å². The van der Waals surface area contributed by atoms with E-state index in [-0.39, 0.29) is 24.0 Å². The van der Waals surface area contributed by atoms with E-state index in [1.165, 1.54) is 45.3 Å². The third kappa shape index (κ3) is 8.06. The number of carbonyl (C=O) groups is 3. The number of aliphatic carboxylic acids is 1. The van der Waals surface area contributed by atoms with Crippen molar-refractivity contribution < 1.29 is 39.2 Å². The molecule has 4 aliphatic rings. The summed E-state index contributed by atoms with van der Waals surface area (Å²) in [5.41, 5.74) is -2.89. The van der Waals surface area contributed by atoms with Crippen molar-refractivity contribution in [3.63, 3.8) is 0 Å². The number of piperidine rings is 2. The fraction of sp³-hybridized carbons (Fsp3) is 0.513. The van der Waals surface area contributed by atoms with Crippen LogP contribution in [0.25, 0.3) is 0 Å². The largest absolute Gasteiger partial charge is 0.481 e. The number of nitrogens with zero attached hydrogens (tertiary/aromatic N) is 1. The van der Waals surface area contributed by atoms with Gasteiger partial charge in [0.15, 0.2) is 0 Å². The first-order chi connectivity index (χ1) is 25.5. The van der Waals surface area contributed by atoms with E-state index in [4.69, 9.17) is 14.6 Å². The number of hydrogen-bond donors (Lipinski definition) is 4. The highest BCUT2D eigenvalue weighted by Gasteiger charge is 2.52. The molecule has 2 aliphatic heterocycles. The Balaban J connectivity index is 0.000000167. The lowest BCUT2D eigenvalue weighted by atomic mass is 9.61. The van der Waals surface area contributed by atoms with Crippen molar-refractivity contribution in [2.45, 2.75) is 81.2 Å². The van der Waals surface area contributed by atoms with Crippen LogP contribution in [0.4, 0.5) is 0 Å². The second-order valence-corrected chi connectivity index (χ2v) is 18.7. The lowest BCUT2D eigenvalue weighted by Crippen LogP contribution is -2.52. The molecule has 0 atom stereocenters. The number of rotatable bonds is 11. The SMILES string of the molecule is O=C(O)CCN1CCC2(CC1)CC(OC(=O)C(O)(c1cccs1)c1cccs1)C2.O=C(OC1CC2(CCNCC2)C1)C(O)(c1cccs1)c1cccs1. The maximum absolute atomic E-state index is 13.0. The molecule has 4 N–H and O–H groups in total. The number of hydrogen-bond acceptors (Lipinski definition) is 13. The lowest BCUT2D eigenvalue weighted by molar-refractivity contribution is -0.182. The molecule has 0 amide bonds. The van der Waals surface area contributed by atoms with E-state index in [0.717, 1.165) is 77.5 Å². The van der Waals surface area contributed by atoms with Gasteiger partial charge in [0.25, 0.3) is 0 Å². The Kier molecular flexibility index (Phi) is 11.6. The molecule has 4 aromatic rings. The molecule has 2 saturated carbocycles. The van der Waals surface area contributed by atoms with E-state index < -0.39 is 29.1 Å². The average molecular weight is 799 g/mol. The molecule has 2 aliphatic carbocycles. The fourth-order valence-corrected chi connectivity index (χ4v) is 11.7. The molecule has 284 valence electrons. The predicted molar refractivity (Wildman–Crippen MR) is 206 cm³/mol. The lowest BCUT2D eigenvalue weighted by Gasteiger charge is -2.51. The zero-order chi connectivity index (χ0) is 37.1. The van der Waals surface area contributed by atoms with Gasteiger partial charge >= 0.3 is 17.9 Å². The zero-order valence-corrected chi connectivity index (χ0v) is 32.7. The highest BCUT2D eigenvalue weighted by atomic mass is 32.1. The topological polar surface area (TPSA) is 146 Å². The minimum atomic E-state index is -1.74. The van der Waals surface area contributed by atoms with Gasteiger partial charge in [-0.2, -0.15) is 0 Å². The van der Waals surface area contributed by atoms with E-state index in [1.807, 2.05) is 45.8 Å². The van der Waals surface area contributed by atoms with Crippen LogP contribution in [0.15, 0.2) is 70.1 Å². The number of carboxylic acids is 1. The fourth-order valence-electron chi connectivity index (χ4n) is 8.31. The summed E-state index contributed by atoms with van der Waals surface area (Å²) in [6.07, 6.45) is 7.73. The van der Waals surface area contributed by atoms with Crippen LogP contribution in [0.5, 0.6) is 0 Å². The highest BCUT2D eigenvalue weighted by molar-refractivity contribution is 7.12. The average Bonchev–Trinajstić information content (AvgIpc) is 3.98. The van der Waals surface area contributed by atoms with Crippen molar-refractivity contribution in [3.05, 3.63) is 89.6 Å². The van der Waals surface area contributed by atoms with Crippen molar-refractivity contribution in [2.24, 2.45) is 10.8 Å². The van der Waals surface area contributed by atoms with Crippen molar-refractivity contribution in [1.82, 2.24) is 10.2 Å². The molecule has 2 saturated heterocycles. The van der Waals surface area contributed by atoms with Crippen LogP contribution < -0.4 is 5.32 Å². The van der Waals surface area contributed by atoms with E-state index in [2.05, 4.69) is 10.2 Å². The first kappa shape index (κ1) is 38.3. The third-order valence-corrected chi connectivity index (χ3v) is 15.4. The molecular weight excluding hydrogens is 753 g/mol. The Morgan fingerprint density at radius 3 is 1.40 bits per heavy atom. The van der Waals surface area contributed by atoms with Crippen LogP contribution in [-0.2, 0) is 35.1 Å². The summed E-state index contributed by atoms with van der Waals surface area (Å²) in [5.74, 6) is -1.90. The van der Waals surface area contributed by atoms with Gasteiger partial charge in [0.1, 0.15) is 12.2 Å². The number of ether oxygens (including phenoxy) is 2. The van der Waals surface area contributed by atoms with Crippen LogP contribution >= 0.6 is 45.3 Å². The maximum atomic E-state index is 13.0. The van der Waals surface area contributed by atoms with Crippen LogP contribution in [-0.4, -0.2) is 83.1 Å². The van der Waals surface area contributed by atoms with Crippen molar-refractivity contribution in [2.75, 3.05) is 32.7 Å². The summed E-state index contributed by atoms with van der Waals surface area (Å²) in [6.45, 7) is 4.48. The second-order valence-electron chi connectivity index (χ2n) is 14.9. The molecule has 4 fully saturated rings. The van der Waals surface area contributed by atoms with Gasteiger partial charge in [-0.3, -0.25) is 4.79 Å². The maximum Gasteiger partial charge on any atom is 0.349 e. The standard InChI is InChI=1S/C21H25NO5S2.C18H21NO3S2/c23-18(24)5-8-22-9-6-20(7-10-22)13-15(14-20)27-19(25)21(26,16-3-1-11-28-16)17-4-2-12-29-17;20-16(22-13-11-17(12-13)5-7-19-8-6-17)18(21,14-3-1-9-23-14)15-4-2-10-24-15/h1-4,11-12,15,26H,5-10,13-14H2,(H,23,24);1-4,9-10,13,19,21H,5-8,11-12H2. The molecule has 0 unspecified atom stereocenters. The zero-order valence-electron chi connectivity index (χ0n) is 29.4. The van der Waals surface area contributed by atoms with Gasteiger partial charge < -0.3 is 35.0 Å². The van der Waals surface area contributed by atoms with E-state index in [0.29, 0.717) is 31.5 Å². The minimum Gasteiger partial charge on any atom is -0.481 e. The van der Waals surface area contributed by atoms with E-state index in [9.17, 15) is 24.6 Å². The van der Waals surface area contributed by atoms with Gasteiger partial charge in [0.05, 0.1) is 25.9 Å². The van der Waals surface area contributed by atoms with Crippen LogP contribution in [0, 0.1) is 10.8 Å². The van der Waals surface area contributed by atoms with E-state index >= 15 is 0 Å². The summed E-state index contributed by atoms with van der Waals surface area (Å²) < 4.78 is 11.5. The number of carbonyl (C=O) groups excluding carboxylic acids is 2. The van der Waals surface area contributed by atoms with Gasteiger partial charge in [0, 0.05) is 6.54 Å². The van der Waals surface area contributed by atoms with Crippen LogP contribution in [0.3, 0.4) is 0 Å². The van der Waals surface area contributed by atoms with Crippen molar-refractivity contribution in [3.8, 4) is 0 Å². The Hall–Kier alpha value is -2.95. The smallest absolute Gasteiger partial charge is 0.349 e. The number of carboxylic acid groups (broad SMARTS) is 1. The molecule has 4 aromatic heterocycles. The molecular formula is C39H46N2O8S4. The number of thiophene rings is 4. The van der Waals surface area contributed by atoms with Crippen LogP contribution in [0.2, 0.25) is 0 Å². The summed E-state index contributed by atoms with van der Waals surface area (Å²) in [6, 6.07) is 14.5. The first-order valence-electron chi connectivity index (χ1n) is 18.2. The first-order valence-corrected chi connectivity index (χ1v) is 21.7. The summed E-state index contributed by atoms with van der Waals surface area (Å²) in [5, 5.41) is 42.1. The van der Waals surface area contributed by atoms with Crippen LogP contribution in [0.1, 0.15) is 77.3 Å². The Morgan fingerprint density at radius 1 is 0.679 bits per heavy atom. The number of esters is 2. The monoisotopic (exact) mass is 798 g/mol. The molecule has 0 radical (unpaired) electrons. The highest BCUT2D eigenvalue weighted by Crippen LogP contribution is 2.52. The predicted octanol–water partition coefficient (Wildman–Crippen LogP) is 6.43.